The molecule has 12 heteroatoms. The quantitative estimate of drug-likeness (QED) is 0.152. The first-order valence-electron chi connectivity index (χ1n) is 11.2. The second-order valence-corrected chi connectivity index (χ2v) is 8.19. The molecule has 4 rings (SSSR count). The van der Waals surface area contributed by atoms with Crippen molar-refractivity contribution >= 4 is 41.0 Å². The van der Waals surface area contributed by atoms with E-state index < -0.39 is 41.1 Å². The highest BCUT2D eigenvalue weighted by Crippen LogP contribution is 2.27. The Balaban J connectivity index is 1.41. The average Bonchev–Trinajstić information content (AvgIpc) is 3.12. The standard InChI is InChI=1S/C26H20N4O8/c1-15(31)38-19-7-4-6-16(11-19)24(33)27-13-17-5-2-3-8-22(17)28-23(32)14-29-25(34)20-10-9-18(30(36)37)12-21(20)26(29)35/h2-12H,13-14H2,1H3,(H,27,33)(H,28,32). The highest BCUT2D eigenvalue weighted by molar-refractivity contribution is 6.23. The Hall–Kier alpha value is -5.39. The van der Waals surface area contributed by atoms with Gasteiger partial charge in [-0.25, -0.2) is 0 Å². The van der Waals surface area contributed by atoms with Gasteiger partial charge in [0.1, 0.15) is 12.3 Å². The van der Waals surface area contributed by atoms with Crippen molar-refractivity contribution < 1.29 is 33.6 Å². The van der Waals surface area contributed by atoms with E-state index in [1.165, 1.54) is 19.1 Å². The summed E-state index contributed by atoms with van der Waals surface area (Å²) in [7, 11) is 0. The van der Waals surface area contributed by atoms with Crippen molar-refractivity contribution in [3.8, 4) is 5.75 Å². The van der Waals surface area contributed by atoms with Crippen LogP contribution in [0.4, 0.5) is 11.4 Å². The van der Waals surface area contributed by atoms with Gasteiger partial charge in [-0.1, -0.05) is 24.3 Å². The van der Waals surface area contributed by atoms with Crippen molar-refractivity contribution in [3.63, 3.8) is 0 Å². The minimum absolute atomic E-state index is 0.0192. The first kappa shape index (κ1) is 25.7. The van der Waals surface area contributed by atoms with Gasteiger partial charge in [-0.2, -0.15) is 0 Å². The van der Waals surface area contributed by atoms with Crippen molar-refractivity contribution in [1.82, 2.24) is 10.2 Å². The molecular formula is C26H20N4O8. The summed E-state index contributed by atoms with van der Waals surface area (Å²) in [6, 6.07) is 16.0. The lowest BCUT2D eigenvalue weighted by Crippen LogP contribution is -2.37. The number of nitro groups is 1. The number of non-ortho nitro benzene ring substituents is 1. The number of hydrogen-bond donors (Lipinski definition) is 2. The Morgan fingerprint density at radius 2 is 1.68 bits per heavy atom. The van der Waals surface area contributed by atoms with Crippen LogP contribution in [0.25, 0.3) is 0 Å². The number of fused-ring (bicyclic) bond motifs is 1. The molecule has 0 radical (unpaired) electrons. The highest BCUT2D eigenvalue weighted by atomic mass is 16.6. The van der Waals surface area contributed by atoms with Gasteiger partial charge >= 0.3 is 5.97 Å². The summed E-state index contributed by atoms with van der Waals surface area (Å²) in [5.74, 6) is -2.95. The summed E-state index contributed by atoms with van der Waals surface area (Å²) in [5, 5.41) is 16.3. The molecule has 0 aliphatic carbocycles. The summed E-state index contributed by atoms with van der Waals surface area (Å²) in [4.78, 5) is 72.8. The molecule has 3 aromatic rings. The lowest BCUT2D eigenvalue weighted by Gasteiger charge is -2.16. The summed E-state index contributed by atoms with van der Waals surface area (Å²) < 4.78 is 4.99. The van der Waals surface area contributed by atoms with E-state index in [4.69, 9.17) is 4.74 Å². The number of imide groups is 1. The molecule has 3 aromatic carbocycles. The molecule has 0 bridgehead atoms. The monoisotopic (exact) mass is 516 g/mol. The maximum Gasteiger partial charge on any atom is 0.308 e. The van der Waals surface area contributed by atoms with Crippen LogP contribution in [0.3, 0.4) is 0 Å². The number of amides is 4. The Bertz CT molecular complexity index is 1500. The summed E-state index contributed by atoms with van der Waals surface area (Å²) >= 11 is 0. The van der Waals surface area contributed by atoms with Gasteiger partial charge in [-0.05, 0) is 35.9 Å². The molecule has 0 spiro atoms. The van der Waals surface area contributed by atoms with Crippen molar-refractivity contribution in [2.75, 3.05) is 11.9 Å². The number of para-hydroxylation sites is 1. The van der Waals surface area contributed by atoms with Crippen molar-refractivity contribution in [2.45, 2.75) is 13.5 Å². The van der Waals surface area contributed by atoms with Crippen LogP contribution in [0.5, 0.6) is 5.75 Å². The van der Waals surface area contributed by atoms with Gasteiger partial charge in [-0.3, -0.25) is 39.0 Å². The van der Waals surface area contributed by atoms with E-state index in [1.54, 1.807) is 42.5 Å². The number of rotatable bonds is 8. The third-order valence-corrected chi connectivity index (χ3v) is 5.56. The van der Waals surface area contributed by atoms with E-state index in [0.717, 1.165) is 12.1 Å². The lowest BCUT2D eigenvalue weighted by atomic mass is 10.1. The Morgan fingerprint density at radius 3 is 2.42 bits per heavy atom. The zero-order valence-corrected chi connectivity index (χ0v) is 19.9. The van der Waals surface area contributed by atoms with Gasteiger partial charge in [0.05, 0.1) is 16.1 Å². The van der Waals surface area contributed by atoms with Crippen LogP contribution < -0.4 is 15.4 Å². The van der Waals surface area contributed by atoms with E-state index in [2.05, 4.69) is 10.6 Å². The smallest absolute Gasteiger partial charge is 0.308 e. The van der Waals surface area contributed by atoms with Gasteiger partial charge in [0.25, 0.3) is 23.4 Å². The number of carbonyl (C=O) groups excluding carboxylic acids is 5. The van der Waals surface area contributed by atoms with Crippen LogP contribution >= 0.6 is 0 Å². The fourth-order valence-corrected chi connectivity index (χ4v) is 3.81. The van der Waals surface area contributed by atoms with E-state index >= 15 is 0 Å². The fraction of sp³-hybridized carbons (Fsp3) is 0.115. The van der Waals surface area contributed by atoms with Crippen LogP contribution in [0, 0.1) is 10.1 Å². The number of benzene rings is 3. The molecule has 192 valence electrons. The molecule has 0 atom stereocenters. The molecular weight excluding hydrogens is 496 g/mol. The molecule has 0 aromatic heterocycles. The van der Waals surface area contributed by atoms with Gasteiger partial charge in [0.15, 0.2) is 0 Å². The molecule has 0 unspecified atom stereocenters. The van der Waals surface area contributed by atoms with Crippen LogP contribution in [-0.2, 0) is 16.1 Å². The van der Waals surface area contributed by atoms with E-state index in [9.17, 15) is 34.1 Å². The van der Waals surface area contributed by atoms with Crippen LogP contribution in [0.15, 0.2) is 66.7 Å². The molecule has 12 nitrogen and oxygen atoms in total. The molecule has 4 amide bonds. The van der Waals surface area contributed by atoms with Gasteiger partial charge in [-0.15, -0.1) is 0 Å². The SMILES string of the molecule is CC(=O)Oc1cccc(C(=O)NCc2ccccc2NC(=O)CN2C(=O)c3ccc([N+](=O)[O-])cc3C2=O)c1. The number of anilines is 1. The first-order valence-corrected chi connectivity index (χ1v) is 11.2. The number of nitrogens with one attached hydrogen (secondary N) is 2. The Morgan fingerprint density at radius 1 is 0.947 bits per heavy atom. The summed E-state index contributed by atoms with van der Waals surface area (Å²) in [6.45, 7) is 0.673. The molecule has 2 N–H and O–H groups in total. The molecule has 0 saturated carbocycles. The van der Waals surface area contributed by atoms with E-state index in [1.807, 2.05) is 0 Å². The second kappa shape index (κ2) is 10.7. The van der Waals surface area contributed by atoms with Crippen LogP contribution in [-0.4, -0.2) is 46.0 Å². The Kier molecular flexibility index (Phi) is 7.24. The van der Waals surface area contributed by atoms with Crippen molar-refractivity contribution in [3.05, 3.63) is 99.1 Å². The van der Waals surface area contributed by atoms with Gasteiger partial charge in [0.2, 0.25) is 5.91 Å². The predicted molar refractivity (Wildman–Crippen MR) is 132 cm³/mol. The molecule has 0 saturated heterocycles. The molecule has 0 fully saturated rings. The number of ether oxygens (including phenoxy) is 1. The third kappa shape index (κ3) is 5.54. The molecule has 1 aliphatic heterocycles. The maximum absolute atomic E-state index is 12.7. The Labute approximate surface area is 215 Å². The maximum atomic E-state index is 12.7. The van der Waals surface area contributed by atoms with E-state index in [0.29, 0.717) is 16.2 Å². The zero-order valence-electron chi connectivity index (χ0n) is 19.9. The largest absolute Gasteiger partial charge is 0.427 e. The number of nitro benzene ring substituents is 1. The minimum atomic E-state index is -0.805. The predicted octanol–water partition coefficient (Wildman–Crippen LogP) is 2.68. The van der Waals surface area contributed by atoms with Crippen LogP contribution in [0.1, 0.15) is 43.6 Å². The topological polar surface area (TPSA) is 165 Å². The third-order valence-electron chi connectivity index (χ3n) is 5.56. The second-order valence-electron chi connectivity index (χ2n) is 8.19. The van der Waals surface area contributed by atoms with Crippen molar-refractivity contribution in [1.29, 1.82) is 0 Å². The first-order chi connectivity index (χ1) is 18.1. The summed E-state index contributed by atoms with van der Waals surface area (Å²) in [5.41, 5.74) is 0.649. The van der Waals surface area contributed by atoms with Gasteiger partial charge < -0.3 is 15.4 Å². The minimum Gasteiger partial charge on any atom is -0.427 e. The lowest BCUT2D eigenvalue weighted by molar-refractivity contribution is -0.384. The average molecular weight is 516 g/mol. The van der Waals surface area contributed by atoms with Gasteiger partial charge in [0, 0.05) is 36.9 Å². The number of esters is 1. The highest BCUT2D eigenvalue weighted by Gasteiger charge is 2.37. The number of hydrogen-bond acceptors (Lipinski definition) is 8. The number of carbonyl (C=O) groups is 5. The molecule has 1 aliphatic rings. The van der Waals surface area contributed by atoms with Crippen molar-refractivity contribution in [2.24, 2.45) is 0 Å². The zero-order chi connectivity index (χ0) is 27.4. The fourth-order valence-electron chi connectivity index (χ4n) is 3.81. The molecule has 38 heavy (non-hydrogen) atoms. The summed E-state index contributed by atoms with van der Waals surface area (Å²) in [6.07, 6.45) is 0. The molecule has 1 heterocycles. The van der Waals surface area contributed by atoms with Crippen LogP contribution in [0.2, 0.25) is 0 Å². The normalized spacial score (nSPS) is 12.1. The van der Waals surface area contributed by atoms with E-state index in [-0.39, 0.29) is 34.7 Å². The number of nitrogens with zero attached hydrogens (tertiary/aromatic N) is 2.